The van der Waals surface area contributed by atoms with Gasteiger partial charge < -0.3 is 20.3 Å². The molecule has 1 unspecified atom stereocenters. The summed E-state index contributed by atoms with van der Waals surface area (Å²) >= 11 is 0. The van der Waals surface area contributed by atoms with Crippen LogP contribution in [0, 0.1) is 12.8 Å². The van der Waals surface area contributed by atoms with Gasteiger partial charge in [0.25, 0.3) is 5.91 Å². The molecule has 0 aromatic heterocycles. The molecule has 1 aliphatic heterocycles. The van der Waals surface area contributed by atoms with Gasteiger partial charge in [0, 0.05) is 31.4 Å². The van der Waals surface area contributed by atoms with Crippen molar-refractivity contribution in [1.82, 2.24) is 5.32 Å². The van der Waals surface area contributed by atoms with Crippen molar-refractivity contribution in [2.45, 2.75) is 13.3 Å². The van der Waals surface area contributed by atoms with Crippen LogP contribution in [0.25, 0.3) is 0 Å². The van der Waals surface area contributed by atoms with Crippen molar-refractivity contribution >= 4 is 29.1 Å². The van der Waals surface area contributed by atoms with E-state index in [0.717, 1.165) is 5.56 Å². The maximum absolute atomic E-state index is 12.2. The Hall–Kier alpha value is -3.35. The quantitative estimate of drug-likeness (QED) is 0.802. The number of rotatable bonds is 6. The van der Waals surface area contributed by atoms with E-state index in [9.17, 15) is 14.4 Å². The third-order valence-corrected chi connectivity index (χ3v) is 4.60. The Morgan fingerprint density at radius 3 is 2.43 bits per heavy atom. The number of nitrogens with one attached hydrogen (secondary N) is 2. The van der Waals surface area contributed by atoms with Crippen LogP contribution in [0.3, 0.4) is 0 Å². The van der Waals surface area contributed by atoms with Gasteiger partial charge >= 0.3 is 0 Å². The van der Waals surface area contributed by atoms with E-state index in [4.69, 9.17) is 4.74 Å². The normalized spacial score (nSPS) is 16.0. The van der Waals surface area contributed by atoms with Gasteiger partial charge in [-0.2, -0.15) is 0 Å². The molecule has 1 fully saturated rings. The molecule has 28 heavy (non-hydrogen) atoms. The highest BCUT2D eigenvalue weighted by Crippen LogP contribution is 2.27. The number of anilines is 2. The fourth-order valence-corrected chi connectivity index (χ4v) is 3.04. The highest BCUT2D eigenvalue weighted by atomic mass is 16.5. The molecule has 1 saturated heterocycles. The molecule has 0 spiro atoms. The van der Waals surface area contributed by atoms with Crippen molar-refractivity contribution in [3.63, 3.8) is 0 Å². The molecule has 0 aliphatic carbocycles. The molecule has 0 radical (unpaired) electrons. The summed E-state index contributed by atoms with van der Waals surface area (Å²) < 4.78 is 5.51. The number of hydrogen-bond donors (Lipinski definition) is 2. The zero-order valence-electron chi connectivity index (χ0n) is 15.9. The summed E-state index contributed by atoms with van der Waals surface area (Å²) in [5, 5.41) is 5.35. The minimum absolute atomic E-state index is 0.0836. The van der Waals surface area contributed by atoms with Gasteiger partial charge in [0.1, 0.15) is 5.75 Å². The summed E-state index contributed by atoms with van der Waals surface area (Å²) in [6, 6.07) is 14.4. The Morgan fingerprint density at radius 2 is 1.79 bits per heavy atom. The van der Waals surface area contributed by atoms with Crippen molar-refractivity contribution in [3.05, 3.63) is 54.1 Å². The monoisotopic (exact) mass is 381 g/mol. The number of aryl methyl sites for hydroxylation is 1. The lowest BCUT2D eigenvalue weighted by molar-refractivity contribution is -0.125. The molecule has 7 heteroatoms. The molecule has 7 nitrogen and oxygen atoms in total. The first-order valence-electron chi connectivity index (χ1n) is 9.07. The molecule has 1 aliphatic rings. The molecule has 1 heterocycles. The van der Waals surface area contributed by atoms with E-state index in [-0.39, 0.29) is 36.7 Å². The van der Waals surface area contributed by atoms with Crippen LogP contribution in [0.4, 0.5) is 11.4 Å². The van der Waals surface area contributed by atoms with E-state index in [0.29, 0.717) is 23.7 Å². The van der Waals surface area contributed by atoms with Gasteiger partial charge in [-0.25, -0.2) is 0 Å². The van der Waals surface area contributed by atoms with E-state index in [1.54, 1.807) is 36.2 Å². The molecule has 3 rings (SSSR count). The van der Waals surface area contributed by atoms with E-state index >= 15 is 0 Å². The van der Waals surface area contributed by atoms with E-state index < -0.39 is 0 Å². The largest absolute Gasteiger partial charge is 0.484 e. The Balaban J connectivity index is 1.53. The van der Waals surface area contributed by atoms with Gasteiger partial charge in [0.05, 0.1) is 5.92 Å². The first kappa shape index (κ1) is 19.4. The molecule has 2 N–H and O–H groups in total. The predicted octanol–water partition coefficient (Wildman–Crippen LogP) is 2.11. The minimum atomic E-state index is -0.334. The molecule has 0 saturated carbocycles. The average molecular weight is 381 g/mol. The molecule has 0 bridgehead atoms. The minimum Gasteiger partial charge on any atom is -0.484 e. The van der Waals surface area contributed by atoms with Crippen LogP contribution in [0.1, 0.15) is 12.0 Å². The standard InChI is InChI=1S/C21H23N3O4/c1-14-3-5-16(6-4-14)23-19(25)13-28-18-9-7-17(8-10-18)24-12-15(11-20(24)26)21(27)22-2/h3-10,15H,11-13H2,1-2H3,(H,22,27)(H,23,25). The SMILES string of the molecule is CNC(=O)C1CC(=O)N(c2ccc(OCC(=O)Nc3ccc(C)cc3)cc2)C1. The van der Waals surface area contributed by atoms with Crippen molar-refractivity contribution in [1.29, 1.82) is 0 Å². The van der Waals surface area contributed by atoms with Crippen LogP contribution < -0.4 is 20.3 Å². The van der Waals surface area contributed by atoms with Crippen LogP contribution in [0.15, 0.2) is 48.5 Å². The number of amides is 3. The number of ether oxygens (including phenoxy) is 1. The Bertz CT molecular complexity index is 862. The Kier molecular flexibility index (Phi) is 5.93. The summed E-state index contributed by atoms with van der Waals surface area (Å²) in [6.07, 6.45) is 0.205. The summed E-state index contributed by atoms with van der Waals surface area (Å²) in [5.41, 5.74) is 2.54. The lowest BCUT2D eigenvalue weighted by Crippen LogP contribution is -2.30. The lowest BCUT2D eigenvalue weighted by atomic mass is 10.1. The van der Waals surface area contributed by atoms with Crippen molar-refractivity contribution < 1.29 is 19.1 Å². The van der Waals surface area contributed by atoms with E-state index in [1.165, 1.54) is 0 Å². The van der Waals surface area contributed by atoms with Crippen molar-refractivity contribution in [2.75, 3.05) is 30.4 Å². The summed E-state index contributed by atoms with van der Waals surface area (Å²) in [4.78, 5) is 37.5. The molecular weight excluding hydrogens is 358 g/mol. The second kappa shape index (κ2) is 8.56. The molecular formula is C21H23N3O4. The maximum Gasteiger partial charge on any atom is 0.262 e. The number of hydrogen-bond acceptors (Lipinski definition) is 4. The second-order valence-corrected chi connectivity index (χ2v) is 6.72. The molecule has 1 atom stereocenters. The van der Waals surface area contributed by atoms with Crippen LogP contribution in [-0.2, 0) is 14.4 Å². The topological polar surface area (TPSA) is 87.7 Å². The number of carbonyl (C=O) groups excluding carboxylic acids is 3. The smallest absolute Gasteiger partial charge is 0.262 e. The average Bonchev–Trinajstić information content (AvgIpc) is 3.09. The summed E-state index contributed by atoms with van der Waals surface area (Å²) in [6.45, 7) is 2.22. The Labute approximate surface area is 163 Å². The van der Waals surface area contributed by atoms with Crippen LogP contribution in [0.2, 0.25) is 0 Å². The highest BCUT2D eigenvalue weighted by Gasteiger charge is 2.34. The van der Waals surface area contributed by atoms with Gasteiger partial charge in [-0.3, -0.25) is 14.4 Å². The third-order valence-electron chi connectivity index (χ3n) is 4.60. The molecule has 2 aromatic carbocycles. The van der Waals surface area contributed by atoms with E-state index in [1.807, 2.05) is 31.2 Å². The number of carbonyl (C=O) groups is 3. The maximum atomic E-state index is 12.2. The van der Waals surface area contributed by atoms with Crippen LogP contribution in [-0.4, -0.2) is 37.9 Å². The molecule has 146 valence electrons. The molecule has 3 amide bonds. The fraction of sp³-hybridized carbons (Fsp3) is 0.286. The van der Waals surface area contributed by atoms with Gasteiger partial charge in [0.2, 0.25) is 11.8 Å². The Morgan fingerprint density at radius 1 is 1.11 bits per heavy atom. The highest BCUT2D eigenvalue weighted by molar-refractivity contribution is 6.00. The van der Waals surface area contributed by atoms with Crippen LogP contribution >= 0.6 is 0 Å². The summed E-state index contributed by atoms with van der Waals surface area (Å²) in [7, 11) is 1.57. The zero-order valence-corrected chi connectivity index (χ0v) is 15.9. The molecule has 2 aromatic rings. The first-order chi connectivity index (χ1) is 13.5. The van der Waals surface area contributed by atoms with Crippen molar-refractivity contribution in [2.24, 2.45) is 5.92 Å². The van der Waals surface area contributed by atoms with Gasteiger partial charge in [-0.15, -0.1) is 0 Å². The number of nitrogens with zero attached hydrogens (tertiary/aromatic N) is 1. The van der Waals surface area contributed by atoms with Crippen molar-refractivity contribution in [3.8, 4) is 5.75 Å². The summed E-state index contributed by atoms with van der Waals surface area (Å²) in [5.74, 6) is -0.276. The van der Waals surface area contributed by atoms with Crippen LogP contribution in [0.5, 0.6) is 5.75 Å². The van der Waals surface area contributed by atoms with Gasteiger partial charge in [-0.05, 0) is 43.3 Å². The second-order valence-electron chi connectivity index (χ2n) is 6.72. The van der Waals surface area contributed by atoms with Gasteiger partial charge in [0.15, 0.2) is 6.61 Å². The predicted molar refractivity (Wildman–Crippen MR) is 106 cm³/mol. The third kappa shape index (κ3) is 4.68. The van der Waals surface area contributed by atoms with E-state index in [2.05, 4.69) is 10.6 Å². The number of benzene rings is 2. The zero-order chi connectivity index (χ0) is 20.1. The van der Waals surface area contributed by atoms with Gasteiger partial charge in [-0.1, -0.05) is 17.7 Å². The fourth-order valence-electron chi connectivity index (χ4n) is 3.04. The first-order valence-corrected chi connectivity index (χ1v) is 9.07. The lowest BCUT2D eigenvalue weighted by Gasteiger charge is -2.17.